The molecule has 3 heteroatoms. The van der Waals surface area contributed by atoms with Crippen LogP contribution in [0.2, 0.25) is 0 Å². The van der Waals surface area contributed by atoms with Crippen LogP contribution in [-0.2, 0) is 0 Å². The number of nitrogens with zero attached hydrogens (tertiary/aromatic N) is 1. The van der Waals surface area contributed by atoms with Crippen LogP contribution in [0, 0.1) is 12.7 Å². The van der Waals surface area contributed by atoms with Crippen LogP contribution >= 0.6 is 0 Å². The van der Waals surface area contributed by atoms with Crippen molar-refractivity contribution >= 4 is 11.6 Å². The maximum atomic E-state index is 13.1. The summed E-state index contributed by atoms with van der Waals surface area (Å²) in [6, 6.07) is 13.3. The number of rotatable bonds is 2. The van der Waals surface area contributed by atoms with E-state index in [2.05, 4.69) is 0 Å². The maximum Gasteiger partial charge on any atom is 0.258 e. The minimum atomic E-state index is -0.351. The van der Waals surface area contributed by atoms with E-state index >= 15 is 0 Å². The normalized spacial score (nSPS) is 10.2. The minimum absolute atomic E-state index is 0.152. The lowest BCUT2D eigenvalue weighted by Gasteiger charge is -2.17. The molecule has 0 spiro atoms. The molecule has 0 unspecified atom stereocenters. The summed E-state index contributed by atoms with van der Waals surface area (Å²) in [6.45, 7) is 1.96. The zero-order valence-electron chi connectivity index (χ0n) is 10.4. The average Bonchev–Trinajstić information content (AvgIpc) is 2.38. The second-order valence-corrected chi connectivity index (χ2v) is 4.21. The number of aryl methyl sites for hydroxylation is 1. The molecule has 0 saturated carbocycles. The van der Waals surface area contributed by atoms with Gasteiger partial charge in [0.1, 0.15) is 5.82 Å². The quantitative estimate of drug-likeness (QED) is 0.791. The molecule has 0 fully saturated rings. The van der Waals surface area contributed by atoms with Gasteiger partial charge in [0, 0.05) is 18.3 Å². The lowest BCUT2D eigenvalue weighted by molar-refractivity contribution is 0.0993. The molecule has 92 valence electrons. The van der Waals surface area contributed by atoms with Crippen LogP contribution in [-0.4, -0.2) is 13.0 Å². The Hall–Kier alpha value is -2.16. The number of hydrogen-bond acceptors (Lipinski definition) is 1. The van der Waals surface area contributed by atoms with Gasteiger partial charge >= 0.3 is 0 Å². The topological polar surface area (TPSA) is 20.3 Å². The Morgan fingerprint density at radius 2 is 1.78 bits per heavy atom. The molecule has 0 aliphatic heterocycles. The Labute approximate surface area is 106 Å². The Kier molecular flexibility index (Phi) is 3.42. The molecule has 0 radical (unpaired) electrons. The molecule has 1 amide bonds. The van der Waals surface area contributed by atoms with E-state index in [4.69, 9.17) is 0 Å². The second kappa shape index (κ2) is 5.00. The number of benzene rings is 2. The van der Waals surface area contributed by atoms with E-state index in [1.165, 1.54) is 17.0 Å². The Morgan fingerprint density at radius 1 is 1.11 bits per heavy atom. The van der Waals surface area contributed by atoms with Crippen molar-refractivity contribution in [3.63, 3.8) is 0 Å². The SMILES string of the molecule is Cc1ccc(C(=O)N(C)c2cccc(F)c2)cc1. The summed E-state index contributed by atoms with van der Waals surface area (Å²) in [4.78, 5) is 13.6. The van der Waals surface area contributed by atoms with Crippen LogP contribution in [0.4, 0.5) is 10.1 Å². The van der Waals surface area contributed by atoms with Crippen molar-refractivity contribution in [1.29, 1.82) is 0 Å². The molecule has 2 nitrogen and oxygen atoms in total. The first-order valence-electron chi connectivity index (χ1n) is 5.68. The van der Waals surface area contributed by atoms with Crippen molar-refractivity contribution in [3.8, 4) is 0 Å². The predicted molar refractivity (Wildman–Crippen MR) is 70.3 cm³/mol. The van der Waals surface area contributed by atoms with Crippen molar-refractivity contribution in [1.82, 2.24) is 0 Å². The van der Waals surface area contributed by atoms with E-state index in [-0.39, 0.29) is 11.7 Å². The van der Waals surface area contributed by atoms with Gasteiger partial charge in [-0.05, 0) is 37.3 Å². The number of carbonyl (C=O) groups is 1. The molecule has 2 rings (SSSR count). The van der Waals surface area contributed by atoms with Crippen molar-refractivity contribution in [3.05, 3.63) is 65.5 Å². The first-order valence-corrected chi connectivity index (χ1v) is 5.68. The van der Waals surface area contributed by atoms with E-state index in [9.17, 15) is 9.18 Å². The van der Waals surface area contributed by atoms with E-state index in [0.717, 1.165) is 5.56 Å². The molecule has 0 heterocycles. The third kappa shape index (κ3) is 2.56. The third-order valence-electron chi connectivity index (χ3n) is 2.80. The summed E-state index contributed by atoms with van der Waals surface area (Å²) in [7, 11) is 1.64. The fourth-order valence-corrected chi connectivity index (χ4v) is 1.69. The summed E-state index contributed by atoms with van der Waals surface area (Å²) in [5.74, 6) is -0.503. The molecule has 2 aromatic carbocycles. The van der Waals surface area contributed by atoms with Gasteiger partial charge in [-0.2, -0.15) is 0 Å². The summed E-state index contributed by atoms with van der Waals surface area (Å²) in [5, 5.41) is 0. The number of amides is 1. The molecule has 18 heavy (non-hydrogen) atoms. The molecule has 0 aliphatic carbocycles. The highest BCUT2D eigenvalue weighted by Gasteiger charge is 2.13. The van der Waals surface area contributed by atoms with Gasteiger partial charge in [-0.1, -0.05) is 23.8 Å². The molecule has 0 bridgehead atoms. The Bertz CT molecular complexity index is 563. The van der Waals surface area contributed by atoms with Gasteiger partial charge in [0.15, 0.2) is 0 Å². The summed E-state index contributed by atoms with van der Waals surface area (Å²) in [6.07, 6.45) is 0. The second-order valence-electron chi connectivity index (χ2n) is 4.21. The number of hydrogen-bond donors (Lipinski definition) is 0. The molecule has 0 N–H and O–H groups in total. The lowest BCUT2D eigenvalue weighted by atomic mass is 10.1. The highest BCUT2D eigenvalue weighted by atomic mass is 19.1. The van der Waals surface area contributed by atoms with Crippen molar-refractivity contribution in [2.45, 2.75) is 6.92 Å². The van der Waals surface area contributed by atoms with Gasteiger partial charge in [0.2, 0.25) is 0 Å². The van der Waals surface area contributed by atoms with Crippen molar-refractivity contribution in [2.75, 3.05) is 11.9 Å². The number of anilines is 1. The largest absolute Gasteiger partial charge is 0.311 e. The van der Waals surface area contributed by atoms with E-state index in [1.54, 1.807) is 31.3 Å². The van der Waals surface area contributed by atoms with Crippen LogP contribution in [0.15, 0.2) is 48.5 Å². The van der Waals surface area contributed by atoms with Crippen LogP contribution < -0.4 is 4.90 Å². The monoisotopic (exact) mass is 243 g/mol. The number of halogens is 1. The van der Waals surface area contributed by atoms with Gasteiger partial charge in [-0.25, -0.2) is 4.39 Å². The molecule has 2 aromatic rings. The Balaban J connectivity index is 2.26. The Morgan fingerprint density at radius 3 is 2.39 bits per heavy atom. The fourth-order valence-electron chi connectivity index (χ4n) is 1.69. The zero-order valence-corrected chi connectivity index (χ0v) is 10.4. The summed E-state index contributed by atoms with van der Waals surface area (Å²) >= 11 is 0. The number of carbonyl (C=O) groups excluding carboxylic acids is 1. The first kappa shape index (κ1) is 12.3. The van der Waals surface area contributed by atoms with Crippen LogP contribution in [0.25, 0.3) is 0 Å². The predicted octanol–water partition coefficient (Wildman–Crippen LogP) is 3.41. The molecular weight excluding hydrogens is 229 g/mol. The minimum Gasteiger partial charge on any atom is -0.311 e. The van der Waals surface area contributed by atoms with Crippen LogP contribution in [0.3, 0.4) is 0 Å². The standard InChI is InChI=1S/C15H14FNO/c1-11-6-8-12(9-7-11)15(18)17(2)14-5-3-4-13(16)10-14/h3-10H,1-2H3. The average molecular weight is 243 g/mol. The lowest BCUT2D eigenvalue weighted by Crippen LogP contribution is -2.26. The van der Waals surface area contributed by atoms with Crippen molar-refractivity contribution < 1.29 is 9.18 Å². The first-order chi connectivity index (χ1) is 8.58. The fraction of sp³-hybridized carbons (Fsp3) is 0.133. The van der Waals surface area contributed by atoms with E-state index in [1.807, 2.05) is 19.1 Å². The highest BCUT2D eigenvalue weighted by molar-refractivity contribution is 6.05. The van der Waals surface area contributed by atoms with Gasteiger partial charge in [0.05, 0.1) is 0 Å². The van der Waals surface area contributed by atoms with E-state index < -0.39 is 0 Å². The van der Waals surface area contributed by atoms with Gasteiger partial charge in [0.25, 0.3) is 5.91 Å². The molecular formula is C15H14FNO. The maximum absolute atomic E-state index is 13.1. The van der Waals surface area contributed by atoms with Gasteiger partial charge in [-0.15, -0.1) is 0 Å². The molecule has 0 aromatic heterocycles. The molecule has 0 saturated heterocycles. The summed E-state index contributed by atoms with van der Waals surface area (Å²) in [5.41, 5.74) is 2.23. The molecule has 0 atom stereocenters. The van der Waals surface area contributed by atoms with Crippen molar-refractivity contribution in [2.24, 2.45) is 0 Å². The van der Waals surface area contributed by atoms with Crippen LogP contribution in [0.5, 0.6) is 0 Å². The van der Waals surface area contributed by atoms with Gasteiger partial charge < -0.3 is 4.90 Å². The smallest absolute Gasteiger partial charge is 0.258 e. The molecule has 0 aliphatic rings. The van der Waals surface area contributed by atoms with Gasteiger partial charge in [-0.3, -0.25) is 4.79 Å². The van der Waals surface area contributed by atoms with E-state index in [0.29, 0.717) is 11.3 Å². The summed E-state index contributed by atoms with van der Waals surface area (Å²) < 4.78 is 13.1. The zero-order chi connectivity index (χ0) is 13.1. The van der Waals surface area contributed by atoms with Crippen LogP contribution in [0.1, 0.15) is 15.9 Å². The highest BCUT2D eigenvalue weighted by Crippen LogP contribution is 2.16. The third-order valence-corrected chi connectivity index (χ3v) is 2.80.